The van der Waals surface area contributed by atoms with Gasteiger partial charge in [0.05, 0.1) is 5.69 Å². The Labute approximate surface area is 136 Å². The van der Waals surface area contributed by atoms with Crippen LogP contribution in [0, 0.1) is 12.8 Å². The average molecular weight is 313 g/mol. The molecule has 1 aliphatic rings. The summed E-state index contributed by atoms with van der Waals surface area (Å²) in [6, 6.07) is 10.0. The van der Waals surface area contributed by atoms with E-state index in [4.69, 9.17) is 10.2 Å². The SMILES string of the molecule is Cc1nc(CCC(=O)NC(CN)C2CC2)oc1-c1ccccc1. The third-order valence-corrected chi connectivity index (χ3v) is 4.23. The highest BCUT2D eigenvalue weighted by Gasteiger charge is 2.31. The molecule has 2 aromatic rings. The van der Waals surface area contributed by atoms with Crippen LogP contribution in [0.15, 0.2) is 34.7 Å². The predicted octanol–water partition coefficient (Wildman–Crippen LogP) is 2.44. The van der Waals surface area contributed by atoms with Crippen molar-refractivity contribution in [3.63, 3.8) is 0 Å². The number of benzene rings is 1. The molecular formula is C18H23N3O2. The average Bonchev–Trinajstić information content (AvgIpc) is 3.34. The third-order valence-electron chi connectivity index (χ3n) is 4.23. The molecule has 1 unspecified atom stereocenters. The molecule has 0 aliphatic heterocycles. The Morgan fingerprint density at radius 3 is 2.78 bits per heavy atom. The summed E-state index contributed by atoms with van der Waals surface area (Å²) in [5.41, 5.74) is 7.57. The second kappa shape index (κ2) is 6.96. The number of oxazole rings is 1. The first kappa shape index (κ1) is 15.7. The van der Waals surface area contributed by atoms with Gasteiger partial charge in [-0.3, -0.25) is 4.79 Å². The minimum Gasteiger partial charge on any atom is -0.440 e. The van der Waals surface area contributed by atoms with E-state index in [1.807, 2.05) is 37.3 Å². The number of aryl methyl sites for hydroxylation is 2. The standard InChI is InChI=1S/C18H23N3O2/c1-12-18(14-5-3-2-4-6-14)23-17(20-12)10-9-16(22)21-15(11-19)13-7-8-13/h2-6,13,15H,7-11,19H2,1H3,(H,21,22). The number of hydrogen-bond acceptors (Lipinski definition) is 4. The van der Waals surface area contributed by atoms with Crippen LogP contribution in [0.25, 0.3) is 11.3 Å². The number of aromatic nitrogens is 1. The molecule has 3 rings (SSSR count). The zero-order valence-corrected chi connectivity index (χ0v) is 13.4. The van der Waals surface area contributed by atoms with Gasteiger partial charge in [0.25, 0.3) is 0 Å². The fourth-order valence-electron chi connectivity index (χ4n) is 2.78. The Hall–Kier alpha value is -2.14. The van der Waals surface area contributed by atoms with Gasteiger partial charge in [-0.15, -0.1) is 0 Å². The van der Waals surface area contributed by atoms with Crippen molar-refractivity contribution in [2.45, 2.75) is 38.6 Å². The number of hydrogen-bond donors (Lipinski definition) is 2. The van der Waals surface area contributed by atoms with Crippen molar-refractivity contribution in [1.29, 1.82) is 0 Å². The maximum atomic E-state index is 12.0. The van der Waals surface area contributed by atoms with E-state index >= 15 is 0 Å². The summed E-state index contributed by atoms with van der Waals surface area (Å²) in [6.45, 7) is 2.43. The number of nitrogens with one attached hydrogen (secondary N) is 1. The Bertz CT molecular complexity index is 662. The Kier molecular flexibility index (Phi) is 4.76. The van der Waals surface area contributed by atoms with Crippen molar-refractivity contribution < 1.29 is 9.21 Å². The maximum Gasteiger partial charge on any atom is 0.220 e. The summed E-state index contributed by atoms with van der Waals surface area (Å²) in [5, 5.41) is 3.02. The van der Waals surface area contributed by atoms with Crippen LogP contribution in [0.3, 0.4) is 0 Å². The predicted molar refractivity (Wildman–Crippen MR) is 88.7 cm³/mol. The first-order valence-corrected chi connectivity index (χ1v) is 8.18. The molecule has 1 aliphatic carbocycles. The molecule has 1 aromatic carbocycles. The Morgan fingerprint density at radius 1 is 1.39 bits per heavy atom. The van der Waals surface area contributed by atoms with Gasteiger partial charge >= 0.3 is 0 Å². The van der Waals surface area contributed by atoms with Gasteiger partial charge in [0.15, 0.2) is 11.7 Å². The molecule has 1 heterocycles. The molecule has 0 spiro atoms. The van der Waals surface area contributed by atoms with Gasteiger partial charge in [-0.25, -0.2) is 4.98 Å². The molecule has 0 radical (unpaired) electrons. The molecule has 1 aromatic heterocycles. The van der Waals surface area contributed by atoms with Gasteiger partial charge in [0.1, 0.15) is 0 Å². The maximum absolute atomic E-state index is 12.0. The molecule has 23 heavy (non-hydrogen) atoms. The molecule has 1 amide bonds. The van der Waals surface area contributed by atoms with Crippen LogP contribution in [-0.4, -0.2) is 23.5 Å². The zero-order chi connectivity index (χ0) is 16.2. The fraction of sp³-hybridized carbons (Fsp3) is 0.444. The lowest BCUT2D eigenvalue weighted by Crippen LogP contribution is -2.41. The summed E-state index contributed by atoms with van der Waals surface area (Å²) >= 11 is 0. The molecule has 122 valence electrons. The van der Waals surface area contributed by atoms with Crippen LogP contribution in [0.4, 0.5) is 0 Å². The van der Waals surface area contributed by atoms with E-state index in [1.54, 1.807) is 0 Å². The normalized spacial score (nSPS) is 15.4. The number of rotatable bonds is 7. The second-order valence-electron chi connectivity index (χ2n) is 6.14. The van der Waals surface area contributed by atoms with Gasteiger partial charge in [-0.1, -0.05) is 30.3 Å². The van der Waals surface area contributed by atoms with Gasteiger partial charge in [0, 0.05) is 31.0 Å². The van der Waals surface area contributed by atoms with Gasteiger partial charge in [-0.2, -0.15) is 0 Å². The highest BCUT2D eigenvalue weighted by molar-refractivity contribution is 5.76. The molecule has 5 nitrogen and oxygen atoms in total. The van der Waals surface area contributed by atoms with E-state index < -0.39 is 0 Å². The number of carbonyl (C=O) groups is 1. The molecular weight excluding hydrogens is 290 g/mol. The monoisotopic (exact) mass is 313 g/mol. The van der Waals surface area contributed by atoms with Gasteiger partial charge in [0.2, 0.25) is 5.91 Å². The van der Waals surface area contributed by atoms with Crippen molar-refractivity contribution >= 4 is 5.91 Å². The topological polar surface area (TPSA) is 81.2 Å². The molecule has 1 atom stereocenters. The molecule has 0 saturated heterocycles. The number of nitrogens with zero attached hydrogens (tertiary/aromatic N) is 1. The summed E-state index contributed by atoms with van der Waals surface area (Å²) in [7, 11) is 0. The van der Waals surface area contributed by atoms with Gasteiger partial charge in [-0.05, 0) is 25.7 Å². The van der Waals surface area contributed by atoms with Crippen molar-refractivity contribution in [2.24, 2.45) is 11.7 Å². The number of amides is 1. The van der Waals surface area contributed by atoms with E-state index in [1.165, 1.54) is 12.8 Å². The summed E-state index contributed by atoms with van der Waals surface area (Å²) in [5.74, 6) is 1.97. The summed E-state index contributed by atoms with van der Waals surface area (Å²) in [6.07, 6.45) is 3.21. The minimum absolute atomic E-state index is 0.0180. The van der Waals surface area contributed by atoms with Gasteiger partial charge < -0.3 is 15.5 Å². The van der Waals surface area contributed by atoms with Crippen LogP contribution in [0.5, 0.6) is 0 Å². The minimum atomic E-state index is 0.0180. The van der Waals surface area contributed by atoms with E-state index in [0.717, 1.165) is 17.0 Å². The lowest BCUT2D eigenvalue weighted by molar-refractivity contribution is -0.121. The largest absolute Gasteiger partial charge is 0.440 e. The van der Waals surface area contributed by atoms with E-state index in [9.17, 15) is 4.79 Å². The van der Waals surface area contributed by atoms with E-state index in [0.29, 0.717) is 31.2 Å². The molecule has 1 fully saturated rings. The Balaban J connectivity index is 1.57. The van der Waals surface area contributed by atoms with E-state index in [-0.39, 0.29) is 11.9 Å². The second-order valence-corrected chi connectivity index (χ2v) is 6.14. The lowest BCUT2D eigenvalue weighted by Gasteiger charge is -2.15. The smallest absolute Gasteiger partial charge is 0.220 e. The van der Waals surface area contributed by atoms with Crippen molar-refractivity contribution in [3.05, 3.63) is 41.9 Å². The van der Waals surface area contributed by atoms with Crippen LogP contribution in [-0.2, 0) is 11.2 Å². The zero-order valence-electron chi connectivity index (χ0n) is 13.4. The van der Waals surface area contributed by atoms with Crippen molar-refractivity contribution in [2.75, 3.05) is 6.54 Å². The molecule has 0 bridgehead atoms. The summed E-state index contributed by atoms with van der Waals surface area (Å²) in [4.78, 5) is 16.5. The fourth-order valence-corrected chi connectivity index (χ4v) is 2.78. The molecule has 1 saturated carbocycles. The highest BCUT2D eigenvalue weighted by atomic mass is 16.4. The van der Waals surface area contributed by atoms with Crippen LogP contribution < -0.4 is 11.1 Å². The van der Waals surface area contributed by atoms with Crippen molar-refractivity contribution in [1.82, 2.24) is 10.3 Å². The first-order chi connectivity index (χ1) is 11.2. The van der Waals surface area contributed by atoms with E-state index in [2.05, 4.69) is 10.3 Å². The lowest BCUT2D eigenvalue weighted by atomic mass is 10.1. The first-order valence-electron chi connectivity index (χ1n) is 8.18. The Morgan fingerprint density at radius 2 is 2.13 bits per heavy atom. The molecule has 3 N–H and O–H groups in total. The molecule has 5 heteroatoms. The number of nitrogens with two attached hydrogens (primary N) is 1. The third kappa shape index (κ3) is 3.99. The number of carbonyl (C=O) groups excluding carboxylic acids is 1. The quantitative estimate of drug-likeness (QED) is 0.822. The van der Waals surface area contributed by atoms with Crippen LogP contribution in [0.1, 0.15) is 30.8 Å². The highest BCUT2D eigenvalue weighted by Crippen LogP contribution is 2.32. The van der Waals surface area contributed by atoms with Crippen LogP contribution in [0.2, 0.25) is 0 Å². The van der Waals surface area contributed by atoms with Crippen molar-refractivity contribution in [3.8, 4) is 11.3 Å². The summed E-state index contributed by atoms with van der Waals surface area (Å²) < 4.78 is 5.83. The van der Waals surface area contributed by atoms with Crippen LogP contribution >= 0.6 is 0 Å².